The maximum absolute atomic E-state index is 12.9. The zero-order valence-corrected chi connectivity index (χ0v) is 14.1. The van der Waals surface area contributed by atoms with Gasteiger partial charge in [-0.1, -0.05) is 39.5 Å². The summed E-state index contributed by atoms with van der Waals surface area (Å²) in [5, 5.41) is 10.7. The molecule has 5 heteroatoms. The number of rotatable bonds is 9. The first-order chi connectivity index (χ1) is 10.8. The first kappa shape index (κ1) is 17.0. The maximum Gasteiger partial charge on any atom is 0.274 e. The molecular weight excluding hydrogens is 276 g/mol. The highest BCUT2D eigenvalue weighted by Crippen LogP contribution is 2.18. The number of carbonyl (C=O) groups is 1. The van der Waals surface area contributed by atoms with Gasteiger partial charge in [-0.3, -0.25) is 9.89 Å². The molecule has 0 radical (unpaired) electrons. The van der Waals surface area contributed by atoms with Crippen molar-refractivity contribution in [2.75, 3.05) is 19.6 Å². The number of nitrogens with one attached hydrogen (secondary N) is 2. The molecule has 22 heavy (non-hydrogen) atoms. The highest BCUT2D eigenvalue weighted by molar-refractivity contribution is 5.94. The lowest BCUT2D eigenvalue weighted by atomic mass is 10.1. The minimum Gasteiger partial charge on any atom is -0.337 e. The average molecular weight is 306 g/mol. The van der Waals surface area contributed by atoms with E-state index in [2.05, 4.69) is 29.4 Å². The summed E-state index contributed by atoms with van der Waals surface area (Å²) < 4.78 is 0. The van der Waals surface area contributed by atoms with Crippen LogP contribution >= 0.6 is 0 Å². The highest BCUT2D eigenvalue weighted by Gasteiger charge is 2.25. The topological polar surface area (TPSA) is 61.0 Å². The van der Waals surface area contributed by atoms with E-state index in [0.29, 0.717) is 5.69 Å². The van der Waals surface area contributed by atoms with Gasteiger partial charge in [-0.2, -0.15) is 5.10 Å². The Bertz CT molecular complexity index is 459. The van der Waals surface area contributed by atoms with Crippen LogP contribution in [-0.2, 0) is 13.0 Å². The van der Waals surface area contributed by atoms with Gasteiger partial charge in [0, 0.05) is 43.9 Å². The van der Waals surface area contributed by atoms with Gasteiger partial charge < -0.3 is 10.2 Å². The molecule has 124 valence electrons. The van der Waals surface area contributed by atoms with Crippen molar-refractivity contribution in [3.8, 4) is 0 Å². The van der Waals surface area contributed by atoms with Crippen molar-refractivity contribution in [2.24, 2.45) is 0 Å². The van der Waals surface area contributed by atoms with E-state index in [1.165, 1.54) is 25.7 Å². The Morgan fingerprint density at radius 2 is 1.82 bits per heavy atom. The molecule has 1 amide bonds. The van der Waals surface area contributed by atoms with E-state index in [0.717, 1.165) is 56.7 Å². The summed E-state index contributed by atoms with van der Waals surface area (Å²) in [5.41, 5.74) is 2.84. The second-order valence-electron chi connectivity index (χ2n) is 6.16. The molecule has 0 bridgehead atoms. The Hall–Kier alpha value is -1.36. The molecule has 2 rings (SSSR count). The standard InChI is InChI=1S/C17H30N4O/c1-3-5-7-11-21(12-8-6-4-2)17(22)16-14-13-18-10-9-15(14)19-20-16/h18H,3-13H2,1-2H3,(H,19,20). The number of carbonyl (C=O) groups excluding carboxylic acids is 1. The van der Waals surface area contributed by atoms with E-state index in [4.69, 9.17) is 0 Å². The normalized spacial score (nSPS) is 13.9. The number of amides is 1. The van der Waals surface area contributed by atoms with Gasteiger partial charge in [0.05, 0.1) is 0 Å². The summed E-state index contributed by atoms with van der Waals surface area (Å²) in [5.74, 6) is 0.105. The van der Waals surface area contributed by atoms with Crippen LogP contribution in [0.25, 0.3) is 0 Å². The van der Waals surface area contributed by atoms with Crippen LogP contribution in [0.2, 0.25) is 0 Å². The zero-order chi connectivity index (χ0) is 15.8. The highest BCUT2D eigenvalue weighted by atomic mass is 16.2. The fourth-order valence-corrected chi connectivity index (χ4v) is 2.97. The van der Waals surface area contributed by atoms with Crippen molar-refractivity contribution in [3.05, 3.63) is 17.0 Å². The van der Waals surface area contributed by atoms with Gasteiger partial charge in [0.2, 0.25) is 0 Å². The fourth-order valence-electron chi connectivity index (χ4n) is 2.97. The van der Waals surface area contributed by atoms with Crippen molar-refractivity contribution in [3.63, 3.8) is 0 Å². The van der Waals surface area contributed by atoms with Crippen molar-refractivity contribution in [2.45, 2.75) is 65.3 Å². The van der Waals surface area contributed by atoms with E-state index in [9.17, 15) is 4.79 Å². The molecule has 0 aromatic carbocycles. The lowest BCUT2D eigenvalue weighted by Crippen LogP contribution is -2.34. The number of aromatic nitrogens is 2. The molecule has 1 aromatic heterocycles. The van der Waals surface area contributed by atoms with E-state index in [1.807, 2.05) is 4.90 Å². The molecule has 1 aliphatic heterocycles. The van der Waals surface area contributed by atoms with Gasteiger partial charge >= 0.3 is 0 Å². The van der Waals surface area contributed by atoms with E-state index < -0.39 is 0 Å². The first-order valence-corrected chi connectivity index (χ1v) is 8.84. The number of hydrogen-bond donors (Lipinski definition) is 2. The van der Waals surface area contributed by atoms with Crippen LogP contribution < -0.4 is 5.32 Å². The molecule has 0 saturated carbocycles. The minimum absolute atomic E-state index is 0.105. The molecule has 0 atom stereocenters. The van der Waals surface area contributed by atoms with Crippen LogP contribution in [0.4, 0.5) is 0 Å². The monoisotopic (exact) mass is 306 g/mol. The van der Waals surface area contributed by atoms with Gasteiger partial charge in [-0.15, -0.1) is 0 Å². The van der Waals surface area contributed by atoms with Crippen molar-refractivity contribution in [1.82, 2.24) is 20.4 Å². The Kier molecular flexibility index (Phi) is 6.90. The van der Waals surface area contributed by atoms with Gasteiger partial charge in [0.1, 0.15) is 0 Å². The summed E-state index contributed by atoms with van der Waals surface area (Å²) in [6.45, 7) is 7.80. The lowest BCUT2D eigenvalue weighted by Gasteiger charge is -2.23. The van der Waals surface area contributed by atoms with Crippen LogP contribution in [0.15, 0.2) is 0 Å². The van der Waals surface area contributed by atoms with Crippen molar-refractivity contribution in [1.29, 1.82) is 0 Å². The quantitative estimate of drug-likeness (QED) is 0.690. The minimum atomic E-state index is 0.105. The summed E-state index contributed by atoms with van der Waals surface area (Å²) in [6.07, 6.45) is 7.81. The lowest BCUT2D eigenvalue weighted by molar-refractivity contribution is 0.0742. The summed E-state index contributed by atoms with van der Waals surface area (Å²) in [4.78, 5) is 14.9. The third kappa shape index (κ3) is 4.32. The van der Waals surface area contributed by atoms with E-state index in [-0.39, 0.29) is 5.91 Å². The molecule has 0 saturated heterocycles. The Labute approximate surface area is 133 Å². The second kappa shape index (κ2) is 8.93. The van der Waals surface area contributed by atoms with Gasteiger partial charge in [0.15, 0.2) is 5.69 Å². The summed E-state index contributed by atoms with van der Waals surface area (Å²) >= 11 is 0. The van der Waals surface area contributed by atoms with Crippen molar-refractivity contribution >= 4 is 5.91 Å². The first-order valence-electron chi connectivity index (χ1n) is 8.84. The number of unbranched alkanes of at least 4 members (excludes halogenated alkanes) is 4. The van der Waals surface area contributed by atoms with Crippen LogP contribution in [-0.4, -0.2) is 40.6 Å². The Balaban J connectivity index is 2.04. The molecule has 1 aliphatic rings. The average Bonchev–Trinajstić information content (AvgIpc) is 2.97. The third-order valence-electron chi connectivity index (χ3n) is 4.36. The number of H-pyrrole nitrogens is 1. The molecule has 0 aliphatic carbocycles. The van der Waals surface area contributed by atoms with Crippen LogP contribution in [0.5, 0.6) is 0 Å². The summed E-state index contributed by atoms with van der Waals surface area (Å²) in [6, 6.07) is 0. The molecule has 2 N–H and O–H groups in total. The predicted molar refractivity (Wildman–Crippen MR) is 89.0 cm³/mol. The molecule has 5 nitrogen and oxygen atoms in total. The second-order valence-corrected chi connectivity index (χ2v) is 6.16. The number of hydrogen-bond acceptors (Lipinski definition) is 3. The molecule has 1 aromatic rings. The van der Waals surface area contributed by atoms with Crippen LogP contribution in [0.3, 0.4) is 0 Å². The SMILES string of the molecule is CCCCCN(CCCCC)C(=O)c1n[nH]c2c1CNCC2. The number of aromatic amines is 1. The largest absolute Gasteiger partial charge is 0.337 e. The van der Waals surface area contributed by atoms with E-state index in [1.54, 1.807) is 0 Å². The van der Waals surface area contributed by atoms with Crippen LogP contribution in [0.1, 0.15) is 74.1 Å². The van der Waals surface area contributed by atoms with E-state index >= 15 is 0 Å². The van der Waals surface area contributed by atoms with Gasteiger partial charge in [-0.25, -0.2) is 0 Å². The van der Waals surface area contributed by atoms with Crippen molar-refractivity contribution < 1.29 is 4.79 Å². The van der Waals surface area contributed by atoms with Gasteiger partial charge in [0.25, 0.3) is 5.91 Å². The van der Waals surface area contributed by atoms with Gasteiger partial charge in [-0.05, 0) is 12.8 Å². The molecule has 2 heterocycles. The molecule has 0 unspecified atom stereocenters. The molecule has 0 fully saturated rings. The number of nitrogens with zero attached hydrogens (tertiary/aromatic N) is 2. The zero-order valence-electron chi connectivity index (χ0n) is 14.1. The number of fused-ring (bicyclic) bond motifs is 1. The maximum atomic E-state index is 12.9. The van der Waals surface area contributed by atoms with Crippen LogP contribution in [0, 0.1) is 0 Å². The Morgan fingerprint density at radius 1 is 1.14 bits per heavy atom. The Morgan fingerprint density at radius 3 is 2.45 bits per heavy atom. The smallest absolute Gasteiger partial charge is 0.274 e. The molecule has 0 spiro atoms. The fraction of sp³-hybridized carbons (Fsp3) is 0.765. The predicted octanol–water partition coefficient (Wildman–Crippen LogP) is 2.88. The summed E-state index contributed by atoms with van der Waals surface area (Å²) in [7, 11) is 0. The third-order valence-corrected chi connectivity index (χ3v) is 4.36. The molecular formula is C17H30N4O.